The predicted octanol–water partition coefficient (Wildman–Crippen LogP) is 11.6. The molecule has 1 aliphatic rings. The Kier molecular flexibility index (Phi) is 5.31. The van der Waals surface area contributed by atoms with Crippen LogP contribution < -0.4 is 0 Å². The molecule has 0 saturated heterocycles. The van der Waals surface area contributed by atoms with Crippen molar-refractivity contribution in [2.75, 3.05) is 0 Å². The monoisotopic (exact) mass is 561 g/mol. The molecular weight excluding hydrogens is 530 g/mol. The summed E-state index contributed by atoms with van der Waals surface area (Å²) in [4.78, 5) is 0. The number of para-hydroxylation sites is 1. The molecule has 7 aromatic carbocycles. The van der Waals surface area contributed by atoms with Crippen LogP contribution in [0, 0.1) is 0 Å². The lowest BCUT2D eigenvalue weighted by Crippen LogP contribution is -2.16. The molecule has 1 nitrogen and oxygen atoms in total. The number of fused-ring (bicyclic) bond motifs is 9. The van der Waals surface area contributed by atoms with E-state index in [1.54, 1.807) is 0 Å². The largest absolute Gasteiger partial charge is 0.309 e. The summed E-state index contributed by atoms with van der Waals surface area (Å²) in [6.45, 7) is 4.85. The summed E-state index contributed by atoms with van der Waals surface area (Å²) >= 11 is 0. The third-order valence-electron chi connectivity index (χ3n) is 9.72. The summed E-state index contributed by atoms with van der Waals surface area (Å²) in [5.41, 5.74) is 14.0. The first-order valence-corrected chi connectivity index (χ1v) is 15.5. The van der Waals surface area contributed by atoms with Crippen molar-refractivity contribution in [3.63, 3.8) is 0 Å². The van der Waals surface area contributed by atoms with Crippen molar-refractivity contribution in [2.45, 2.75) is 19.3 Å². The lowest BCUT2D eigenvalue weighted by atomic mass is 9.78. The summed E-state index contributed by atoms with van der Waals surface area (Å²) in [5, 5.41) is 5.30. The van der Waals surface area contributed by atoms with Crippen molar-refractivity contribution >= 4 is 32.6 Å². The molecule has 0 fully saturated rings. The van der Waals surface area contributed by atoms with Gasteiger partial charge >= 0.3 is 0 Å². The fourth-order valence-corrected chi connectivity index (χ4v) is 7.82. The molecule has 0 bridgehead atoms. The van der Waals surface area contributed by atoms with Crippen LogP contribution in [0.2, 0.25) is 0 Å². The van der Waals surface area contributed by atoms with Gasteiger partial charge in [0, 0.05) is 21.9 Å². The van der Waals surface area contributed by atoms with Gasteiger partial charge in [-0.25, -0.2) is 0 Å². The lowest BCUT2D eigenvalue weighted by Gasteiger charge is -2.24. The van der Waals surface area contributed by atoms with Gasteiger partial charge in [-0.05, 0) is 85.6 Å². The van der Waals surface area contributed by atoms with Crippen molar-refractivity contribution in [1.82, 2.24) is 4.57 Å². The second-order valence-corrected chi connectivity index (χ2v) is 12.6. The van der Waals surface area contributed by atoms with Crippen LogP contribution in [0.25, 0.3) is 71.6 Å². The highest BCUT2D eigenvalue weighted by atomic mass is 15.0. The topological polar surface area (TPSA) is 4.93 Å². The summed E-state index contributed by atoms with van der Waals surface area (Å²) in [6.07, 6.45) is 0. The van der Waals surface area contributed by atoms with E-state index < -0.39 is 0 Å². The van der Waals surface area contributed by atoms with E-state index in [9.17, 15) is 0 Å². The van der Waals surface area contributed by atoms with Crippen LogP contribution in [0.3, 0.4) is 0 Å². The highest BCUT2D eigenvalue weighted by molar-refractivity contribution is 6.15. The number of hydrogen-bond acceptors (Lipinski definition) is 0. The van der Waals surface area contributed by atoms with E-state index in [-0.39, 0.29) is 5.41 Å². The maximum atomic E-state index is 2.46. The number of rotatable bonds is 3. The van der Waals surface area contributed by atoms with Crippen LogP contribution in [-0.2, 0) is 5.41 Å². The van der Waals surface area contributed by atoms with Gasteiger partial charge in [-0.1, -0.05) is 135 Å². The molecule has 0 aliphatic heterocycles. The fourth-order valence-electron chi connectivity index (χ4n) is 7.82. The van der Waals surface area contributed by atoms with Crippen LogP contribution in [0.4, 0.5) is 0 Å². The van der Waals surface area contributed by atoms with E-state index >= 15 is 0 Å². The molecule has 1 aliphatic carbocycles. The third kappa shape index (κ3) is 3.53. The first-order valence-electron chi connectivity index (χ1n) is 15.5. The Morgan fingerprint density at radius 1 is 0.432 bits per heavy atom. The maximum Gasteiger partial charge on any atom is 0.0544 e. The van der Waals surface area contributed by atoms with Crippen LogP contribution in [-0.4, -0.2) is 4.57 Å². The Morgan fingerprint density at radius 2 is 1.05 bits per heavy atom. The zero-order valence-electron chi connectivity index (χ0n) is 24.9. The molecule has 0 spiro atoms. The van der Waals surface area contributed by atoms with E-state index in [4.69, 9.17) is 0 Å². The first-order chi connectivity index (χ1) is 21.6. The van der Waals surface area contributed by atoms with Gasteiger partial charge in [0.2, 0.25) is 0 Å². The van der Waals surface area contributed by atoms with Crippen molar-refractivity contribution in [3.8, 4) is 39.1 Å². The molecule has 0 N–H and O–H groups in total. The Hall–Kier alpha value is -5.40. The molecule has 1 heterocycles. The average molecular weight is 562 g/mol. The second-order valence-electron chi connectivity index (χ2n) is 12.6. The molecule has 1 heteroatoms. The zero-order valence-corrected chi connectivity index (χ0v) is 24.9. The highest BCUT2D eigenvalue weighted by Gasteiger charge is 2.39. The second kappa shape index (κ2) is 9.30. The molecule has 44 heavy (non-hydrogen) atoms. The van der Waals surface area contributed by atoms with Gasteiger partial charge in [0.15, 0.2) is 0 Å². The number of aromatic nitrogens is 1. The van der Waals surface area contributed by atoms with Gasteiger partial charge < -0.3 is 4.57 Å². The van der Waals surface area contributed by atoms with Gasteiger partial charge in [0.1, 0.15) is 0 Å². The Labute approximate surface area is 257 Å². The number of nitrogens with zero attached hydrogens (tertiary/aromatic N) is 1. The summed E-state index contributed by atoms with van der Waals surface area (Å²) in [6, 6.07) is 55.6. The van der Waals surface area contributed by atoms with E-state index in [1.807, 2.05) is 0 Å². The highest BCUT2D eigenvalue weighted by Crippen LogP contribution is 2.55. The predicted molar refractivity (Wildman–Crippen MR) is 187 cm³/mol. The molecule has 0 amide bonds. The molecule has 0 radical (unpaired) electrons. The van der Waals surface area contributed by atoms with Gasteiger partial charge in [-0.15, -0.1) is 0 Å². The fraction of sp³-hybridized carbons (Fsp3) is 0.0698. The van der Waals surface area contributed by atoms with E-state index in [0.717, 1.165) is 0 Å². The van der Waals surface area contributed by atoms with Gasteiger partial charge in [-0.2, -0.15) is 0 Å². The quantitative estimate of drug-likeness (QED) is 0.202. The minimum atomic E-state index is -0.181. The van der Waals surface area contributed by atoms with Gasteiger partial charge in [0.25, 0.3) is 0 Å². The summed E-state index contributed by atoms with van der Waals surface area (Å²) < 4.78 is 2.46. The van der Waals surface area contributed by atoms with Crippen LogP contribution in [0.15, 0.2) is 152 Å². The van der Waals surface area contributed by atoms with Crippen molar-refractivity contribution < 1.29 is 0 Å². The van der Waals surface area contributed by atoms with Gasteiger partial charge in [0.05, 0.1) is 11.0 Å². The Balaban J connectivity index is 1.31. The van der Waals surface area contributed by atoms with Gasteiger partial charge in [-0.3, -0.25) is 0 Å². The van der Waals surface area contributed by atoms with E-state index in [1.165, 1.54) is 82.8 Å². The molecule has 0 atom stereocenters. The Morgan fingerprint density at radius 3 is 1.82 bits per heavy atom. The van der Waals surface area contributed by atoms with E-state index in [2.05, 4.69) is 170 Å². The minimum absolute atomic E-state index is 0.181. The first kappa shape index (κ1) is 25.1. The van der Waals surface area contributed by atoms with Crippen LogP contribution >= 0.6 is 0 Å². The molecule has 9 rings (SSSR count). The molecular formula is C43H31N. The molecule has 1 aromatic heterocycles. The Bertz CT molecular complexity index is 2390. The van der Waals surface area contributed by atoms with Crippen molar-refractivity contribution in [1.29, 1.82) is 0 Å². The number of hydrogen-bond donors (Lipinski definition) is 0. The SMILES string of the molecule is CC1(C)c2c(ccc3ccc(-c4ccccc4)cc23)-c2ccc3c(c21)c1ccccc1n3-c1cccc(-c2ccccc2)c1. The van der Waals surface area contributed by atoms with Crippen LogP contribution in [0.5, 0.6) is 0 Å². The molecule has 0 unspecified atom stereocenters. The maximum absolute atomic E-state index is 2.46. The van der Waals surface area contributed by atoms with Crippen molar-refractivity contribution in [3.05, 3.63) is 163 Å². The zero-order chi connectivity index (χ0) is 29.4. The van der Waals surface area contributed by atoms with Crippen molar-refractivity contribution in [2.24, 2.45) is 0 Å². The standard InChI is InChI=1S/C43H31N/c1-43(2)41-34(23-22-30-20-21-32(27-37(30)41)29-14-7-4-8-15-29)35-24-25-39-40(42(35)43)36-18-9-10-19-38(36)44(39)33-17-11-16-31(26-33)28-12-5-3-6-13-28/h3-27H,1-2H3. The number of benzene rings is 7. The summed E-state index contributed by atoms with van der Waals surface area (Å²) in [5.74, 6) is 0. The molecule has 0 saturated carbocycles. The summed E-state index contributed by atoms with van der Waals surface area (Å²) in [7, 11) is 0. The molecule has 208 valence electrons. The average Bonchev–Trinajstić information content (AvgIpc) is 3.54. The third-order valence-corrected chi connectivity index (χ3v) is 9.72. The lowest BCUT2D eigenvalue weighted by molar-refractivity contribution is 0.672. The molecule has 8 aromatic rings. The van der Waals surface area contributed by atoms with Crippen LogP contribution in [0.1, 0.15) is 25.0 Å². The minimum Gasteiger partial charge on any atom is -0.309 e. The normalized spacial score (nSPS) is 13.4. The van der Waals surface area contributed by atoms with E-state index in [0.29, 0.717) is 0 Å². The smallest absolute Gasteiger partial charge is 0.0544 e.